The van der Waals surface area contributed by atoms with E-state index in [9.17, 15) is 9.59 Å². The second-order valence-corrected chi connectivity index (χ2v) is 6.81. The Morgan fingerprint density at radius 3 is 2.50 bits per heavy atom. The number of carbonyl (C=O) groups excluding carboxylic acids is 2. The van der Waals surface area contributed by atoms with Crippen molar-refractivity contribution in [2.45, 2.75) is 20.3 Å². The maximum atomic E-state index is 13.2. The van der Waals surface area contributed by atoms with E-state index < -0.39 is 0 Å². The fourth-order valence-corrected chi connectivity index (χ4v) is 3.65. The van der Waals surface area contributed by atoms with Gasteiger partial charge in [0.2, 0.25) is 11.8 Å². The van der Waals surface area contributed by atoms with Gasteiger partial charge >= 0.3 is 0 Å². The molecule has 2 aromatic carbocycles. The van der Waals surface area contributed by atoms with Crippen molar-refractivity contribution in [1.29, 1.82) is 0 Å². The van der Waals surface area contributed by atoms with Crippen molar-refractivity contribution in [2.75, 3.05) is 37.1 Å². The summed E-state index contributed by atoms with van der Waals surface area (Å²) in [5, 5.41) is 0. The van der Waals surface area contributed by atoms with E-state index in [1.54, 1.807) is 36.2 Å². The minimum Gasteiger partial charge on any atom is -0.493 e. The highest BCUT2D eigenvalue weighted by Crippen LogP contribution is 2.35. The lowest BCUT2D eigenvalue weighted by molar-refractivity contribution is -0.124. The van der Waals surface area contributed by atoms with Gasteiger partial charge in [-0.3, -0.25) is 9.59 Å². The Kier molecular flexibility index (Phi) is 5.87. The second-order valence-electron chi connectivity index (χ2n) is 6.81. The van der Waals surface area contributed by atoms with E-state index in [4.69, 9.17) is 9.47 Å². The zero-order valence-electron chi connectivity index (χ0n) is 16.8. The average Bonchev–Trinajstić information content (AvgIpc) is 3.11. The van der Waals surface area contributed by atoms with Crippen LogP contribution in [-0.4, -0.2) is 39.1 Å². The lowest BCUT2D eigenvalue weighted by Gasteiger charge is -2.26. The van der Waals surface area contributed by atoms with Crippen LogP contribution in [0.1, 0.15) is 18.9 Å². The zero-order valence-corrected chi connectivity index (χ0v) is 16.8. The van der Waals surface area contributed by atoms with Crippen LogP contribution in [0, 0.1) is 12.8 Å². The predicted octanol–water partition coefficient (Wildman–Crippen LogP) is 3.42. The van der Waals surface area contributed by atoms with Gasteiger partial charge in [0.25, 0.3) is 0 Å². The van der Waals surface area contributed by atoms with Gasteiger partial charge in [0.1, 0.15) is 0 Å². The number of amides is 2. The Labute approximate surface area is 165 Å². The minimum atomic E-state index is -0.375. The monoisotopic (exact) mass is 382 g/mol. The topological polar surface area (TPSA) is 59.1 Å². The van der Waals surface area contributed by atoms with E-state index in [-0.39, 0.29) is 24.2 Å². The van der Waals surface area contributed by atoms with Crippen molar-refractivity contribution in [1.82, 2.24) is 0 Å². The quantitative estimate of drug-likeness (QED) is 0.768. The molecule has 6 nitrogen and oxygen atoms in total. The third-order valence-corrected chi connectivity index (χ3v) is 5.14. The fourth-order valence-electron chi connectivity index (χ4n) is 3.65. The summed E-state index contributed by atoms with van der Waals surface area (Å²) in [6.45, 7) is 4.86. The summed E-state index contributed by atoms with van der Waals surface area (Å²) >= 11 is 0. The largest absolute Gasteiger partial charge is 0.493 e. The highest BCUT2D eigenvalue weighted by Gasteiger charge is 2.37. The van der Waals surface area contributed by atoms with E-state index >= 15 is 0 Å². The predicted molar refractivity (Wildman–Crippen MR) is 109 cm³/mol. The first-order chi connectivity index (χ1) is 13.5. The van der Waals surface area contributed by atoms with Gasteiger partial charge in [0.15, 0.2) is 11.5 Å². The summed E-state index contributed by atoms with van der Waals surface area (Å²) in [5.41, 5.74) is 2.64. The van der Waals surface area contributed by atoms with Crippen LogP contribution in [0.5, 0.6) is 11.5 Å². The molecule has 0 spiro atoms. The molecule has 0 bridgehead atoms. The molecule has 6 heteroatoms. The van der Waals surface area contributed by atoms with Gasteiger partial charge in [-0.15, -0.1) is 0 Å². The van der Waals surface area contributed by atoms with Crippen LogP contribution >= 0.6 is 0 Å². The van der Waals surface area contributed by atoms with Crippen LogP contribution < -0.4 is 19.3 Å². The molecule has 1 heterocycles. The molecule has 0 saturated carbocycles. The Morgan fingerprint density at radius 2 is 1.86 bits per heavy atom. The minimum absolute atomic E-state index is 0.0203. The number of nitrogens with zero attached hydrogens (tertiary/aromatic N) is 2. The molecular formula is C22H26N2O4. The number of hydrogen-bond donors (Lipinski definition) is 0. The molecule has 28 heavy (non-hydrogen) atoms. The normalized spacial score (nSPS) is 16.2. The van der Waals surface area contributed by atoms with Gasteiger partial charge < -0.3 is 19.3 Å². The molecule has 1 aliphatic rings. The Balaban J connectivity index is 1.82. The SMILES string of the molecule is CCN(C(=O)C1CC(=O)N(c2ccc(OC)c(OC)c2)C1)c1ccccc1C. The summed E-state index contributed by atoms with van der Waals surface area (Å²) in [4.78, 5) is 29.2. The number of ether oxygens (including phenoxy) is 2. The molecule has 2 amide bonds. The van der Waals surface area contributed by atoms with Gasteiger partial charge in [0, 0.05) is 37.0 Å². The standard InChI is InChI=1S/C22H26N2O4/c1-5-23(18-9-7-6-8-15(18)2)22(26)16-12-21(25)24(14-16)17-10-11-19(27-3)20(13-17)28-4/h6-11,13,16H,5,12,14H2,1-4H3. The fraction of sp³-hybridized carbons (Fsp3) is 0.364. The van der Waals surface area contributed by atoms with Crippen molar-refractivity contribution in [3.8, 4) is 11.5 Å². The molecule has 1 fully saturated rings. The van der Waals surface area contributed by atoms with Crippen molar-refractivity contribution < 1.29 is 19.1 Å². The Hall–Kier alpha value is -3.02. The molecule has 1 saturated heterocycles. The summed E-state index contributed by atoms with van der Waals surface area (Å²) in [6.07, 6.45) is 0.204. The summed E-state index contributed by atoms with van der Waals surface area (Å²) < 4.78 is 10.6. The van der Waals surface area contributed by atoms with Crippen molar-refractivity contribution in [2.24, 2.45) is 5.92 Å². The number of methoxy groups -OCH3 is 2. The van der Waals surface area contributed by atoms with Crippen LogP contribution in [0.4, 0.5) is 11.4 Å². The van der Waals surface area contributed by atoms with E-state index in [0.29, 0.717) is 30.3 Å². The number of rotatable bonds is 6. The van der Waals surface area contributed by atoms with Crippen molar-refractivity contribution in [3.63, 3.8) is 0 Å². The van der Waals surface area contributed by atoms with Crippen LogP contribution in [0.3, 0.4) is 0 Å². The first-order valence-corrected chi connectivity index (χ1v) is 9.39. The van der Waals surface area contributed by atoms with Crippen LogP contribution in [0.2, 0.25) is 0 Å². The second kappa shape index (κ2) is 8.33. The van der Waals surface area contributed by atoms with Crippen LogP contribution in [0.15, 0.2) is 42.5 Å². The third kappa shape index (κ3) is 3.67. The highest BCUT2D eigenvalue weighted by atomic mass is 16.5. The first kappa shape index (κ1) is 19.7. The molecule has 3 rings (SSSR count). The molecule has 1 aliphatic heterocycles. The molecule has 0 aromatic heterocycles. The molecule has 2 aromatic rings. The van der Waals surface area contributed by atoms with Crippen molar-refractivity contribution >= 4 is 23.2 Å². The maximum Gasteiger partial charge on any atom is 0.232 e. The van der Waals surface area contributed by atoms with E-state index in [2.05, 4.69) is 0 Å². The Bertz CT molecular complexity index is 881. The summed E-state index contributed by atoms with van der Waals surface area (Å²) in [6, 6.07) is 13.2. The summed E-state index contributed by atoms with van der Waals surface area (Å²) in [7, 11) is 3.12. The highest BCUT2D eigenvalue weighted by molar-refractivity contribution is 6.04. The summed E-state index contributed by atoms with van der Waals surface area (Å²) in [5.74, 6) is 0.694. The van der Waals surface area contributed by atoms with Gasteiger partial charge in [0.05, 0.1) is 20.1 Å². The van der Waals surface area contributed by atoms with E-state index in [1.807, 2.05) is 44.2 Å². The third-order valence-electron chi connectivity index (χ3n) is 5.14. The molecule has 148 valence electrons. The number of benzene rings is 2. The van der Waals surface area contributed by atoms with E-state index in [0.717, 1.165) is 11.3 Å². The van der Waals surface area contributed by atoms with Crippen LogP contribution in [0.25, 0.3) is 0 Å². The van der Waals surface area contributed by atoms with E-state index in [1.165, 1.54) is 0 Å². The van der Waals surface area contributed by atoms with Gasteiger partial charge in [-0.05, 0) is 37.6 Å². The number of anilines is 2. The number of carbonyl (C=O) groups is 2. The van der Waals surface area contributed by atoms with Crippen molar-refractivity contribution in [3.05, 3.63) is 48.0 Å². The van der Waals surface area contributed by atoms with Gasteiger partial charge in [-0.2, -0.15) is 0 Å². The smallest absolute Gasteiger partial charge is 0.232 e. The first-order valence-electron chi connectivity index (χ1n) is 9.39. The van der Waals surface area contributed by atoms with Crippen LogP contribution in [-0.2, 0) is 9.59 Å². The lowest BCUT2D eigenvalue weighted by Crippen LogP contribution is -2.37. The molecule has 0 N–H and O–H groups in total. The molecular weight excluding hydrogens is 356 g/mol. The van der Waals surface area contributed by atoms with Gasteiger partial charge in [-0.25, -0.2) is 0 Å². The molecule has 0 radical (unpaired) electrons. The number of aryl methyl sites for hydroxylation is 1. The zero-order chi connectivity index (χ0) is 20.3. The van der Waals surface area contributed by atoms with Gasteiger partial charge in [-0.1, -0.05) is 18.2 Å². The molecule has 0 aliphatic carbocycles. The average molecular weight is 382 g/mol. The molecule has 1 atom stereocenters. The lowest BCUT2D eigenvalue weighted by atomic mass is 10.1. The number of para-hydroxylation sites is 1. The number of hydrogen-bond acceptors (Lipinski definition) is 4. The Morgan fingerprint density at radius 1 is 1.14 bits per heavy atom. The molecule has 1 unspecified atom stereocenters. The maximum absolute atomic E-state index is 13.2.